The van der Waals surface area contributed by atoms with Crippen LogP contribution in [0.2, 0.25) is 0 Å². The van der Waals surface area contributed by atoms with Crippen LogP contribution in [-0.4, -0.2) is 33.5 Å². The van der Waals surface area contributed by atoms with Gasteiger partial charge in [-0.25, -0.2) is 9.48 Å². The molecule has 2 aromatic heterocycles. The van der Waals surface area contributed by atoms with Gasteiger partial charge in [-0.15, -0.1) is 0 Å². The van der Waals surface area contributed by atoms with Crippen LogP contribution in [0.1, 0.15) is 44.5 Å². The number of ether oxygens (including phenoxy) is 2. The highest BCUT2D eigenvalue weighted by molar-refractivity contribution is 6.02. The number of carbonyl (C=O) groups excluding carboxylic acids is 2. The van der Waals surface area contributed by atoms with Crippen molar-refractivity contribution in [2.75, 3.05) is 12.1 Å². The van der Waals surface area contributed by atoms with Crippen molar-refractivity contribution in [2.24, 2.45) is 5.41 Å². The lowest BCUT2D eigenvalue weighted by Crippen LogP contribution is -2.30. The molecule has 178 valence electrons. The Morgan fingerprint density at radius 1 is 1.06 bits per heavy atom. The molecule has 0 aliphatic rings. The van der Waals surface area contributed by atoms with Gasteiger partial charge in [-0.1, -0.05) is 37.3 Å². The molecule has 0 amide bonds. The van der Waals surface area contributed by atoms with Gasteiger partial charge >= 0.3 is 11.9 Å². The van der Waals surface area contributed by atoms with E-state index >= 15 is 0 Å². The minimum atomic E-state index is -0.847. The number of hydrogen-bond donors (Lipinski definition) is 1. The zero-order valence-corrected chi connectivity index (χ0v) is 19.7. The monoisotopic (exact) mass is 464 g/mol. The molecule has 9 nitrogen and oxygen atoms in total. The number of aryl methyl sites for hydroxylation is 1. The normalized spacial score (nSPS) is 11.1. The first-order chi connectivity index (χ1) is 16.3. The quantitative estimate of drug-likeness (QED) is 0.371. The maximum Gasteiger partial charge on any atom is 0.345 e. The third kappa shape index (κ3) is 5.48. The van der Waals surface area contributed by atoms with Gasteiger partial charge in [0, 0.05) is 18.3 Å². The lowest BCUT2D eigenvalue weighted by Gasteiger charge is -2.20. The summed E-state index contributed by atoms with van der Waals surface area (Å²) in [5.41, 5.74) is 0.121. The van der Waals surface area contributed by atoms with Crippen molar-refractivity contribution in [3.05, 3.63) is 70.8 Å². The summed E-state index contributed by atoms with van der Waals surface area (Å²) in [7, 11) is 0. The number of anilines is 2. The maximum absolute atomic E-state index is 13.2. The van der Waals surface area contributed by atoms with Gasteiger partial charge < -0.3 is 14.8 Å². The Bertz CT molecular complexity index is 1210. The molecule has 0 saturated heterocycles. The SMILES string of the molecule is CCn1nc(-c2ccccc2)c(C(=O)OCOC(=O)C(C)(C)CC)c(Nc2cccnc2)c1=O. The minimum Gasteiger partial charge on any atom is -0.427 e. The summed E-state index contributed by atoms with van der Waals surface area (Å²) in [6.07, 6.45) is 3.69. The lowest BCUT2D eigenvalue weighted by atomic mass is 9.91. The average Bonchev–Trinajstić information content (AvgIpc) is 2.86. The van der Waals surface area contributed by atoms with Crippen LogP contribution in [0.5, 0.6) is 0 Å². The number of carbonyl (C=O) groups is 2. The first-order valence-electron chi connectivity index (χ1n) is 11.0. The van der Waals surface area contributed by atoms with Crippen LogP contribution in [0.25, 0.3) is 11.3 Å². The Labute approximate surface area is 197 Å². The van der Waals surface area contributed by atoms with Crippen LogP contribution in [0.3, 0.4) is 0 Å². The summed E-state index contributed by atoms with van der Waals surface area (Å²) in [6.45, 7) is 6.84. The molecule has 0 unspecified atom stereocenters. The number of aromatic nitrogens is 3. The Morgan fingerprint density at radius 2 is 1.79 bits per heavy atom. The van der Waals surface area contributed by atoms with Gasteiger partial charge in [-0.2, -0.15) is 5.10 Å². The Hall–Kier alpha value is -4.01. The molecule has 0 aliphatic heterocycles. The first kappa shape index (κ1) is 24.6. The molecule has 0 saturated carbocycles. The minimum absolute atomic E-state index is 0.00563. The van der Waals surface area contributed by atoms with E-state index < -0.39 is 29.7 Å². The molecule has 0 fully saturated rings. The molecule has 0 radical (unpaired) electrons. The van der Waals surface area contributed by atoms with Gasteiger partial charge in [-0.3, -0.25) is 14.6 Å². The van der Waals surface area contributed by atoms with Gasteiger partial charge in [0.25, 0.3) is 5.56 Å². The van der Waals surface area contributed by atoms with Crippen LogP contribution in [0, 0.1) is 5.41 Å². The largest absolute Gasteiger partial charge is 0.427 e. The van der Waals surface area contributed by atoms with Crippen LogP contribution in [0.15, 0.2) is 59.7 Å². The van der Waals surface area contributed by atoms with Crippen molar-refractivity contribution in [2.45, 2.75) is 40.7 Å². The molecule has 0 atom stereocenters. The third-order valence-electron chi connectivity index (χ3n) is 5.45. The number of nitrogens with zero attached hydrogens (tertiary/aromatic N) is 3. The van der Waals surface area contributed by atoms with E-state index in [2.05, 4.69) is 15.4 Å². The molecular weight excluding hydrogens is 436 g/mol. The van der Waals surface area contributed by atoms with E-state index in [4.69, 9.17) is 9.47 Å². The second-order valence-corrected chi connectivity index (χ2v) is 8.17. The lowest BCUT2D eigenvalue weighted by molar-refractivity contribution is -0.162. The van der Waals surface area contributed by atoms with E-state index in [1.807, 2.05) is 13.0 Å². The molecular formula is C25H28N4O5. The molecule has 0 aliphatic carbocycles. The van der Waals surface area contributed by atoms with E-state index in [0.717, 1.165) is 0 Å². The Morgan fingerprint density at radius 3 is 2.41 bits per heavy atom. The highest BCUT2D eigenvalue weighted by Crippen LogP contribution is 2.28. The summed E-state index contributed by atoms with van der Waals surface area (Å²) in [5.74, 6) is -1.33. The molecule has 0 bridgehead atoms. The summed E-state index contributed by atoms with van der Waals surface area (Å²) >= 11 is 0. The first-order valence-corrected chi connectivity index (χ1v) is 11.0. The summed E-state index contributed by atoms with van der Waals surface area (Å²) in [6, 6.07) is 12.4. The topological polar surface area (TPSA) is 112 Å². The number of pyridine rings is 1. The van der Waals surface area contributed by atoms with E-state index in [9.17, 15) is 14.4 Å². The maximum atomic E-state index is 13.2. The Balaban J connectivity index is 2.05. The fourth-order valence-electron chi connectivity index (χ4n) is 3.03. The van der Waals surface area contributed by atoms with E-state index in [1.54, 1.807) is 63.4 Å². The number of nitrogens with one attached hydrogen (secondary N) is 1. The second kappa shape index (κ2) is 10.7. The molecule has 2 heterocycles. The van der Waals surface area contributed by atoms with Gasteiger partial charge in [0.05, 0.1) is 17.3 Å². The van der Waals surface area contributed by atoms with Crippen LogP contribution < -0.4 is 10.9 Å². The summed E-state index contributed by atoms with van der Waals surface area (Å²) in [4.78, 5) is 42.7. The molecule has 9 heteroatoms. The number of benzene rings is 1. The zero-order valence-electron chi connectivity index (χ0n) is 19.7. The fraction of sp³-hybridized carbons (Fsp3) is 0.320. The van der Waals surface area contributed by atoms with E-state index in [0.29, 0.717) is 24.2 Å². The number of hydrogen-bond acceptors (Lipinski definition) is 8. The average molecular weight is 465 g/mol. The standard InChI is InChI=1S/C25H28N4O5/c1-5-25(3,4)24(32)34-16-33-23(31)19-20(17-11-8-7-9-12-17)28-29(6-2)22(30)21(19)27-18-13-10-14-26-15-18/h7-15,27H,5-6,16H2,1-4H3. The predicted octanol–water partition coefficient (Wildman–Crippen LogP) is 4.16. The number of esters is 2. The molecule has 3 aromatic rings. The van der Waals surface area contributed by atoms with Crippen molar-refractivity contribution >= 4 is 23.3 Å². The predicted molar refractivity (Wildman–Crippen MR) is 128 cm³/mol. The highest BCUT2D eigenvalue weighted by Gasteiger charge is 2.29. The fourth-order valence-corrected chi connectivity index (χ4v) is 3.03. The Kier molecular flexibility index (Phi) is 7.78. The number of rotatable bonds is 9. The summed E-state index contributed by atoms with van der Waals surface area (Å²) in [5, 5.41) is 7.41. The molecule has 0 spiro atoms. The summed E-state index contributed by atoms with van der Waals surface area (Å²) < 4.78 is 11.7. The van der Waals surface area contributed by atoms with Gasteiger partial charge in [0.15, 0.2) is 0 Å². The molecule has 3 rings (SSSR count). The van der Waals surface area contributed by atoms with Crippen molar-refractivity contribution < 1.29 is 19.1 Å². The van der Waals surface area contributed by atoms with Gasteiger partial charge in [0.1, 0.15) is 16.9 Å². The van der Waals surface area contributed by atoms with Crippen LogP contribution in [-0.2, 0) is 20.8 Å². The van der Waals surface area contributed by atoms with E-state index in [1.165, 1.54) is 10.9 Å². The van der Waals surface area contributed by atoms with Gasteiger partial charge in [0.2, 0.25) is 6.79 Å². The van der Waals surface area contributed by atoms with Crippen LogP contribution >= 0.6 is 0 Å². The van der Waals surface area contributed by atoms with Crippen molar-refractivity contribution in [3.8, 4) is 11.3 Å². The smallest absolute Gasteiger partial charge is 0.345 e. The highest BCUT2D eigenvalue weighted by atomic mass is 16.7. The second-order valence-electron chi connectivity index (χ2n) is 8.17. The molecule has 1 aromatic carbocycles. The van der Waals surface area contributed by atoms with Gasteiger partial charge in [-0.05, 0) is 39.3 Å². The third-order valence-corrected chi connectivity index (χ3v) is 5.45. The zero-order chi connectivity index (χ0) is 24.7. The van der Waals surface area contributed by atoms with Crippen molar-refractivity contribution in [1.82, 2.24) is 14.8 Å². The van der Waals surface area contributed by atoms with Crippen molar-refractivity contribution in [1.29, 1.82) is 0 Å². The van der Waals surface area contributed by atoms with Crippen molar-refractivity contribution in [3.63, 3.8) is 0 Å². The molecule has 34 heavy (non-hydrogen) atoms. The van der Waals surface area contributed by atoms with E-state index in [-0.39, 0.29) is 16.9 Å². The molecule has 1 N–H and O–H groups in total. The van der Waals surface area contributed by atoms with Crippen LogP contribution in [0.4, 0.5) is 11.4 Å².